The van der Waals surface area contributed by atoms with Crippen molar-refractivity contribution in [3.8, 4) is 11.5 Å². The lowest BCUT2D eigenvalue weighted by Gasteiger charge is -2.17. The summed E-state index contributed by atoms with van der Waals surface area (Å²) in [6.45, 7) is 0.609. The largest absolute Gasteiger partial charge is 0.497 e. The van der Waals surface area contributed by atoms with Crippen molar-refractivity contribution in [3.05, 3.63) is 48.3 Å². The smallest absolute Gasteiger partial charge is 0.228 e. The maximum Gasteiger partial charge on any atom is 0.228 e. The summed E-state index contributed by atoms with van der Waals surface area (Å²) in [6, 6.07) is 9.07. The monoisotopic (exact) mass is 383 g/mol. The van der Waals surface area contributed by atoms with Gasteiger partial charge in [-0.05, 0) is 42.7 Å². The normalized spacial score (nSPS) is 17.5. The molecule has 3 rings (SSSR count). The summed E-state index contributed by atoms with van der Waals surface area (Å²) in [4.78, 5) is 30.9. The molecule has 2 aromatic rings. The molecule has 1 saturated carbocycles. The molecule has 1 aromatic carbocycles. The molecular formula is C21H25N3O4. The Labute approximate surface area is 164 Å². The van der Waals surface area contributed by atoms with E-state index in [1.807, 2.05) is 12.1 Å². The number of pyridine rings is 1. The number of nitrogens with one attached hydrogen (secondary N) is 1. The number of likely N-dealkylation sites (N-methyl/N-ethyl adjacent to an activating group) is 1. The highest BCUT2D eigenvalue weighted by atomic mass is 16.5. The number of hydrogen-bond acceptors (Lipinski definition) is 5. The Hall–Kier alpha value is -3.09. The molecule has 148 valence electrons. The van der Waals surface area contributed by atoms with Crippen LogP contribution in [-0.2, 0) is 16.0 Å². The maximum atomic E-state index is 12.6. The Morgan fingerprint density at radius 1 is 1.14 bits per heavy atom. The molecule has 7 nitrogen and oxygen atoms in total. The summed E-state index contributed by atoms with van der Waals surface area (Å²) in [5.41, 5.74) is 1.67. The highest BCUT2D eigenvalue weighted by Crippen LogP contribution is 2.41. The SMILES string of the molecule is COc1ccc(OC)c(NC(=O)C2CC2C(=O)N(C)CCc2ccncc2)c1. The molecule has 1 fully saturated rings. The Morgan fingerprint density at radius 3 is 2.57 bits per heavy atom. The fourth-order valence-corrected chi connectivity index (χ4v) is 3.13. The summed E-state index contributed by atoms with van der Waals surface area (Å²) in [7, 11) is 4.88. The number of benzene rings is 1. The average molecular weight is 383 g/mol. The fraction of sp³-hybridized carbons (Fsp3) is 0.381. The number of carbonyl (C=O) groups excluding carboxylic acids is 2. The van der Waals surface area contributed by atoms with Crippen LogP contribution in [0.4, 0.5) is 5.69 Å². The van der Waals surface area contributed by atoms with Crippen LogP contribution in [0.25, 0.3) is 0 Å². The van der Waals surface area contributed by atoms with Crippen LogP contribution >= 0.6 is 0 Å². The topological polar surface area (TPSA) is 80.8 Å². The minimum Gasteiger partial charge on any atom is -0.497 e. The third kappa shape index (κ3) is 4.60. The van der Waals surface area contributed by atoms with Crippen molar-refractivity contribution in [3.63, 3.8) is 0 Å². The fourth-order valence-electron chi connectivity index (χ4n) is 3.13. The Bertz CT molecular complexity index is 841. The van der Waals surface area contributed by atoms with Crippen LogP contribution in [0.5, 0.6) is 11.5 Å². The van der Waals surface area contributed by atoms with Crippen molar-refractivity contribution in [2.45, 2.75) is 12.8 Å². The zero-order valence-electron chi connectivity index (χ0n) is 16.3. The van der Waals surface area contributed by atoms with Gasteiger partial charge in [-0.15, -0.1) is 0 Å². The average Bonchev–Trinajstić information content (AvgIpc) is 3.53. The van der Waals surface area contributed by atoms with Gasteiger partial charge in [0, 0.05) is 32.1 Å². The molecule has 28 heavy (non-hydrogen) atoms. The van der Waals surface area contributed by atoms with Crippen LogP contribution in [0.1, 0.15) is 12.0 Å². The first-order chi connectivity index (χ1) is 13.5. The zero-order valence-corrected chi connectivity index (χ0v) is 16.3. The molecule has 0 radical (unpaired) electrons. The van der Waals surface area contributed by atoms with Crippen LogP contribution in [0.2, 0.25) is 0 Å². The predicted molar refractivity (Wildman–Crippen MR) is 105 cm³/mol. The number of ether oxygens (including phenoxy) is 2. The number of hydrogen-bond donors (Lipinski definition) is 1. The molecule has 1 aliphatic carbocycles. The van der Waals surface area contributed by atoms with E-state index in [0.29, 0.717) is 30.2 Å². The van der Waals surface area contributed by atoms with E-state index in [4.69, 9.17) is 9.47 Å². The van der Waals surface area contributed by atoms with Crippen molar-refractivity contribution >= 4 is 17.5 Å². The van der Waals surface area contributed by atoms with Gasteiger partial charge in [0.05, 0.1) is 31.7 Å². The van der Waals surface area contributed by atoms with Crippen LogP contribution < -0.4 is 14.8 Å². The number of amides is 2. The minimum atomic E-state index is -0.313. The van der Waals surface area contributed by atoms with Gasteiger partial charge >= 0.3 is 0 Å². The van der Waals surface area contributed by atoms with Gasteiger partial charge in [0.1, 0.15) is 11.5 Å². The van der Waals surface area contributed by atoms with Crippen molar-refractivity contribution in [1.29, 1.82) is 0 Å². The number of carbonyl (C=O) groups is 2. The molecular weight excluding hydrogens is 358 g/mol. The van der Waals surface area contributed by atoms with Crippen molar-refractivity contribution in [1.82, 2.24) is 9.88 Å². The van der Waals surface area contributed by atoms with Crippen molar-refractivity contribution in [2.75, 3.05) is 33.1 Å². The first-order valence-electron chi connectivity index (χ1n) is 9.20. The zero-order chi connectivity index (χ0) is 20.1. The van der Waals surface area contributed by atoms with E-state index in [-0.39, 0.29) is 23.7 Å². The molecule has 7 heteroatoms. The van der Waals surface area contributed by atoms with Gasteiger partial charge in [0.2, 0.25) is 11.8 Å². The van der Waals surface area contributed by atoms with Gasteiger partial charge in [0.15, 0.2) is 0 Å². The second-order valence-electron chi connectivity index (χ2n) is 6.87. The van der Waals surface area contributed by atoms with Gasteiger partial charge in [-0.2, -0.15) is 0 Å². The summed E-state index contributed by atoms with van der Waals surface area (Å²) in [6.07, 6.45) is 4.81. The maximum absolute atomic E-state index is 12.6. The third-order valence-electron chi connectivity index (χ3n) is 4.97. The molecule has 1 N–H and O–H groups in total. The second-order valence-corrected chi connectivity index (χ2v) is 6.87. The Kier molecular flexibility index (Phi) is 6.13. The van der Waals surface area contributed by atoms with Gasteiger partial charge in [-0.25, -0.2) is 0 Å². The molecule has 2 atom stereocenters. The van der Waals surface area contributed by atoms with E-state index in [1.165, 1.54) is 0 Å². The Morgan fingerprint density at radius 2 is 1.89 bits per heavy atom. The summed E-state index contributed by atoms with van der Waals surface area (Å²) >= 11 is 0. The van der Waals surface area contributed by atoms with Crippen LogP contribution in [0.3, 0.4) is 0 Å². The standard InChI is InChI=1S/C21H25N3O4/c1-24(11-8-14-6-9-22-10-7-14)21(26)17-13-16(17)20(25)23-18-12-15(27-2)4-5-19(18)28-3/h4-7,9-10,12,16-17H,8,11,13H2,1-3H3,(H,23,25). The molecule has 0 spiro atoms. The van der Waals surface area contributed by atoms with Crippen LogP contribution in [0, 0.1) is 11.8 Å². The minimum absolute atomic E-state index is 0.00631. The summed E-state index contributed by atoms with van der Waals surface area (Å²) in [5.74, 6) is 0.424. The van der Waals surface area contributed by atoms with Gasteiger partial charge < -0.3 is 19.7 Å². The molecule has 0 aliphatic heterocycles. The quantitative estimate of drug-likeness (QED) is 0.757. The lowest BCUT2D eigenvalue weighted by molar-refractivity contribution is -0.132. The molecule has 1 aromatic heterocycles. The van der Waals surface area contributed by atoms with E-state index < -0.39 is 0 Å². The Balaban J connectivity index is 1.54. The first kappa shape index (κ1) is 19.7. The lowest BCUT2D eigenvalue weighted by Crippen LogP contribution is -2.31. The number of rotatable bonds is 8. The van der Waals surface area contributed by atoms with Crippen molar-refractivity contribution < 1.29 is 19.1 Å². The van der Waals surface area contributed by atoms with Crippen LogP contribution in [-0.4, -0.2) is 49.5 Å². The highest BCUT2D eigenvalue weighted by Gasteiger charge is 2.49. The number of nitrogens with zero attached hydrogens (tertiary/aromatic N) is 2. The van der Waals surface area contributed by atoms with E-state index in [9.17, 15) is 9.59 Å². The second kappa shape index (κ2) is 8.73. The number of anilines is 1. The van der Waals surface area contributed by atoms with E-state index in [2.05, 4.69) is 10.3 Å². The third-order valence-corrected chi connectivity index (χ3v) is 4.97. The number of methoxy groups -OCH3 is 2. The van der Waals surface area contributed by atoms with Gasteiger partial charge in [-0.3, -0.25) is 14.6 Å². The molecule has 2 unspecified atom stereocenters. The van der Waals surface area contributed by atoms with E-state index >= 15 is 0 Å². The highest BCUT2D eigenvalue weighted by molar-refractivity contribution is 6.00. The molecule has 0 bridgehead atoms. The predicted octanol–water partition coefficient (Wildman–Crippen LogP) is 2.37. The molecule has 1 aliphatic rings. The van der Waals surface area contributed by atoms with E-state index in [0.717, 1.165) is 12.0 Å². The summed E-state index contributed by atoms with van der Waals surface area (Å²) < 4.78 is 10.5. The lowest BCUT2D eigenvalue weighted by atomic mass is 10.2. The number of aromatic nitrogens is 1. The van der Waals surface area contributed by atoms with E-state index in [1.54, 1.807) is 56.8 Å². The van der Waals surface area contributed by atoms with Crippen LogP contribution in [0.15, 0.2) is 42.7 Å². The summed E-state index contributed by atoms with van der Waals surface area (Å²) in [5, 5.41) is 2.86. The molecule has 2 amide bonds. The first-order valence-corrected chi connectivity index (χ1v) is 9.20. The van der Waals surface area contributed by atoms with Gasteiger partial charge in [0.25, 0.3) is 0 Å². The molecule has 1 heterocycles. The van der Waals surface area contributed by atoms with Crippen molar-refractivity contribution in [2.24, 2.45) is 11.8 Å². The van der Waals surface area contributed by atoms with Gasteiger partial charge in [-0.1, -0.05) is 0 Å². The molecule has 0 saturated heterocycles.